The molecule has 1 aromatic carbocycles. The van der Waals surface area contributed by atoms with Gasteiger partial charge >= 0.3 is 0 Å². The summed E-state index contributed by atoms with van der Waals surface area (Å²) in [4.78, 5) is 33.3. The highest BCUT2D eigenvalue weighted by Crippen LogP contribution is 2.17. The van der Waals surface area contributed by atoms with Crippen molar-refractivity contribution in [1.29, 1.82) is 0 Å². The first-order valence-corrected chi connectivity index (χ1v) is 8.72. The van der Waals surface area contributed by atoms with Gasteiger partial charge in [-0.2, -0.15) is 0 Å². The zero-order valence-electron chi connectivity index (χ0n) is 14.7. The van der Waals surface area contributed by atoms with Crippen molar-refractivity contribution in [3.05, 3.63) is 53.1 Å². The molecule has 3 rings (SSSR count). The number of hydrogen-bond acceptors (Lipinski definition) is 3. The van der Waals surface area contributed by atoms with Crippen LogP contribution in [-0.4, -0.2) is 33.2 Å². The van der Waals surface area contributed by atoms with E-state index in [-0.39, 0.29) is 17.7 Å². The average Bonchev–Trinajstić information content (AvgIpc) is 3.24. The topological polar surface area (TPSA) is 78.1 Å². The van der Waals surface area contributed by atoms with Crippen molar-refractivity contribution in [2.45, 2.75) is 45.7 Å². The Balaban J connectivity index is 1.64. The molecule has 2 N–H and O–H groups in total. The first-order valence-electron chi connectivity index (χ1n) is 8.72. The minimum absolute atomic E-state index is 0.175. The van der Waals surface area contributed by atoms with Crippen molar-refractivity contribution in [3.63, 3.8) is 0 Å². The SMILES string of the molecule is CC(C)c1ncc(C(=O)NCc2ccccc2CN2CCCC2=O)[nH]1. The van der Waals surface area contributed by atoms with Gasteiger partial charge in [0, 0.05) is 32.0 Å². The fourth-order valence-corrected chi connectivity index (χ4v) is 2.98. The number of imidazole rings is 1. The fourth-order valence-electron chi connectivity index (χ4n) is 2.98. The molecule has 1 saturated heterocycles. The minimum atomic E-state index is -0.175. The lowest BCUT2D eigenvalue weighted by atomic mass is 10.1. The average molecular weight is 340 g/mol. The summed E-state index contributed by atoms with van der Waals surface area (Å²) in [6.07, 6.45) is 3.13. The van der Waals surface area contributed by atoms with E-state index in [0.717, 1.165) is 29.9 Å². The number of carbonyl (C=O) groups is 2. The quantitative estimate of drug-likeness (QED) is 0.848. The molecule has 0 atom stereocenters. The van der Waals surface area contributed by atoms with Crippen molar-refractivity contribution < 1.29 is 9.59 Å². The Bertz CT molecular complexity index is 766. The number of nitrogens with one attached hydrogen (secondary N) is 2. The number of aromatic amines is 1. The lowest BCUT2D eigenvalue weighted by Gasteiger charge is -2.18. The molecule has 6 nitrogen and oxygen atoms in total. The van der Waals surface area contributed by atoms with Crippen LogP contribution in [0.1, 0.15) is 60.0 Å². The summed E-state index contributed by atoms with van der Waals surface area (Å²) in [6.45, 7) is 5.89. The number of likely N-dealkylation sites (tertiary alicyclic amines) is 1. The van der Waals surface area contributed by atoms with Gasteiger partial charge in [0.2, 0.25) is 5.91 Å². The van der Waals surface area contributed by atoms with Crippen LogP contribution in [0.5, 0.6) is 0 Å². The van der Waals surface area contributed by atoms with E-state index >= 15 is 0 Å². The van der Waals surface area contributed by atoms with Crippen molar-refractivity contribution in [1.82, 2.24) is 20.2 Å². The highest BCUT2D eigenvalue weighted by Gasteiger charge is 2.21. The Morgan fingerprint density at radius 1 is 1.32 bits per heavy atom. The van der Waals surface area contributed by atoms with Crippen LogP contribution in [0.25, 0.3) is 0 Å². The molecule has 132 valence electrons. The van der Waals surface area contributed by atoms with Gasteiger partial charge < -0.3 is 15.2 Å². The Kier molecular flexibility index (Phi) is 5.16. The Labute approximate surface area is 147 Å². The second-order valence-electron chi connectivity index (χ2n) is 6.71. The monoisotopic (exact) mass is 340 g/mol. The largest absolute Gasteiger partial charge is 0.347 e. The van der Waals surface area contributed by atoms with Crippen molar-refractivity contribution in [3.8, 4) is 0 Å². The molecule has 0 radical (unpaired) electrons. The molecule has 2 heterocycles. The maximum atomic E-state index is 12.3. The number of carbonyl (C=O) groups excluding carboxylic acids is 2. The molecule has 1 aromatic heterocycles. The van der Waals surface area contributed by atoms with Gasteiger partial charge in [0.25, 0.3) is 5.91 Å². The zero-order chi connectivity index (χ0) is 17.8. The number of H-pyrrole nitrogens is 1. The molecule has 0 saturated carbocycles. The van der Waals surface area contributed by atoms with E-state index in [4.69, 9.17) is 0 Å². The molecule has 0 bridgehead atoms. The molecule has 2 aromatic rings. The maximum absolute atomic E-state index is 12.3. The van der Waals surface area contributed by atoms with Crippen LogP contribution in [0, 0.1) is 0 Å². The van der Waals surface area contributed by atoms with E-state index in [2.05, 4.69) is 15.3 Å². The molecule has 0 spiro atoms. The Hall–Kier alpha value is -2.63. The van der Waals surface area contributed by atoms with E-state index < -0.39 is 0 Å². The lowest BCUT2D eigenvalue weighted by Crippen LogP contribution is -2.27. The highest BCUT2D eigenvalue weighted by atomic mass is 16.2. The Morgan fingerprint density at radius 3 is 2.72 bits per heavy atom. The molecular formula is C19H24N4O2. The van der Waals surface area contributed by atoms with Gasteiger partial charge in [0.05, 0.1) is 6.20 Å². The minimum Gasteiger partial charge on any atom is -0.347 e. The summed E-state index contributed by atoms with van der Waals surface area (Å²) >= 11 is 0. The maximum Gasteiger partial charge on any atom is 0.269 e. The van der Waals surface area contributed by atoms with Crippen LogP contribution < -0.4 is 5.32 Å². The van der Waals surface area contributed by atoms with Crippen molar-refractivity contribution in [2.75, 3.05) is 6.54 Å². The van der Waals surface area contributed by atoms with Crippen LogP contribution in [0.4, 0.5) is 0 Å². The third kappa shape index (κ3) is 4.07. The van der Waals surface area contributed by atoms with Gasteiger partial charge in [-0.3, -0.25) is 9.59 Å². The first kappa shape index (κ1) is 17.2. The second-order valence-corrected chi connectivity index (χ2v) is 6.71. The van der Waals surface area contributed by atoms with Gasteiger partial charge in [-0.15, -0.1) is 0 Å². The standard InChI is InChI=1S/C19H24N4O2/c1-13(2)18-20-11-16(22-18)19(25)21-10-14-6-3-4-7-15(14)12-23-9-5-8-17(23)24/h3-4,6-7,11,13H,5,8-10,12H2,1-2H3,(H,20,22)(H,21,25). The first-order chi connectivity index (χ1) is 12.0. The molecule has 1 fully saturated rings. The highest BCUT2D eigenvalue weighted by molar-refractivity contribution is 5.92. The molecule has 0 aliphatic carbocycles. The number of benzene rings is 1. The van der Waals surface area contributed by atoms with Crippen LogP contribution in [0.15, 0.2) is 30.5 Å². The van der Waals surface area contributed by atoms with E-state index in [1.807, 2.05) is 43.0 Å². The van der Waals surface area contributed by atoms with Gasteiger partial charge in [-0.1, -0.05) is 38.1 Å². The third-order valence-electron chi connectivity index (χ3n) is 4.48. The van der Waals surface area contributed by atoms with E-state index in [0.29, 0.717) is 25.2 Å². The Morgan fingerprint density at radius 2 is 2.08 bits per heavy atom. The molecule has 0 unspecified atom stereocenters. The molecule has 6 heteroatoms. The molecular weight excluding hydrogens is 316 g/mol. The van der Waals surface area contributed by atoms with Crippen LogP contribution in [0.2, 0.25) is 0 Å². The predicted octanol–water partition coefficient (Wildman–Crippen LogP) is 2.59. The summed E-state index contributed by atoms with van der Waals surface area (Å²) in [5.41, 5.74) is 2.57. The molecule has 2 amide bonds. The smallest absolute Gasteiger partial charge is 0.269 e. The number of aromatic nitrogens is 2. The van der Waals surface area contributed by atoms with Gasteiger partial charge in [-0.25, -0.2) is 4.98 Å². The predicted molar refractivity (Wildman–Crippen MR) is 94.9 cm³/mol. The van der Waals surface area contributed by atoms with E-state index in [1.54, 1.807) is 6.20 Å². The number of rotatable bonds is 6. The van der Waals surface area contributed by atoms with Crippen molar-refractivity contribution in [2.24, 2.45) is 0 Å². The summed E-state index contributed by atoms with van der Waals surface area (Å²) in [5.74, 6) is 1.09. The number of nitrogens with zero attached hydrogens (tertiary/aromatic N) is 2. The van der Waals surface area contributed by atoms with Crippen LogP contribution in [-0.2, 0) is 17.9 Å². The zero-order valence-corrected chi connectivity index (χ0v) is 14.7. The van der Waals surface area contributed by atoms with Crippen LogP contribution in [0.3, 0.4) is 0 Å². The summed E-state index contributed by atoms with van der Waals surface area (Å²) in [5, 5.41) is 2.93. The normalized spacial score (nSPS) is 14.4. The van der Waals surface area contributed by atoms with Gasteiger partial charge in [-0.05, 0) is 17.5 Å². The number of amides is 2. The summed E-state index contributed by atoms with van der Waals surface area (Å²) < 4.78 is 0. The number of hydrogen-bond donors (Lipinski definition) is 2. The fraction of sp³-hybridized carbons (Fsp3) is 0.421. The molecule has 1 aliphatic heterocycles. The van der Waals surface area contributed by atoms with Gasteiger partial charge in [0.1, 0.15) is 11.5 Å². The molecule has 25 heavy (non-hydrogen) atoms. The lowest BCUT2D eigenvalue weighted by molar-refractivity contribution is -0.128. The third-order valence-corrected chi connectivity index (χ3v) is 4.48. The second kappa shape index (κ2) is 7.51. The van der Waals surface area contributed by atoms with Gasteiger partial charge in [0.15, 0.2) is 0 Å². The summed E-state index contributed by atoms with van der Waals surface area (Å²) in [7, 11) is 0. The van der Waals surface area contributed by atoms with Crippen molar-refractivity contribution >= 4 is 11.8 Å². The molecule has 1 aliphatic rings. The van der Waals surface area contributed by atoms with E-state index in [1.165, 1.54) is 0 Å². The summed E-state index contributed by atoms with van der Waals surface area (Å²) in [6, 6.07) is 7.91. The van der Waals surface area contributed by atoms with Crippen LogP contribution >= 0.6 is 0 Å². The van der Waals surface area contributed by atoms with E-state index in [9.17, 15) is 9.59 Å².